The number of amides is 2. The highest BCUT2D eigenvalue weighted by molar-refractivity contribution is 7.16. The predicted molar refractivity (Wildman–Crippen MR) is 99.5 cm³/mol. The number of hydrogen-bond donors (Lipinski definition) is 2. The van der Waals surface area contributed by atoms with Crippen molar-refractivity contribution in [3.8, 4) is 0 Å². The van der Waals surface area contributed by atoms with E-state index in [9.17, 15) is 9.59 Å². The van der Waals surface area contributed by atoms with Crippen LogP contribution in [-0.2, 0) is 22.4 Å². The Kier molecular flexibility index (Phi) is 8.35. The van der Waals surface area contributed by atoms with E-state index in [0.717, 1.165) is 23.4 Å². The smallest absolute Gasteiger partial charge is 0.315 e. The Morgan fingerprint density at radius 2 is 1.71 bits per heavy atom. The number of aromatic nitrogens is 1. The van der Waals surface area contributed by atoms with E-state index in [4.69, 9.17) is 0 Å². The Morgan fingerprint density at radius 3 is 2.17 bits per heavy atom. The third-order valence-corrected chi connectivity index (χ3v) is 5.00. The number of aryl methyl sites for hydroxylation is 2. The lowest BCUT2D eigenvalue weighted by molar-refractivity contribution is -0.136. The van der Waals surface area contributed by atoms with Gasteiger partial charge in [0, 0.05) is 30.1 Å². The van der Waals surface area contributed by atoms with Crippen molar-refractivity contribution in [1.82, 2.24) is 15.2 Å². The zero-order valence-electron chi connectivity index (χ0n) is 15.6. The van der Waals surface area contributed by atoms with E-state index in [1.54, 1.807) is 0 Å². The molecule has 0 aliphatic carbocycles. The van der Waals surface area contributed by atoms with E-state index < -0.39 is 11.8 Å². The maximum atomic E-state index is 12.0. The van der Waals surface area contributed by atoms with Gasteiger partial charge in [-0.3, -0.25) is 19.8 Å². The topological polar surface area (TPSA) is 74.3 Å². The Balaban J connectivity index is 2.50. The van der Waals surface area contributed by atoms with Crippen LogP contribution in [0.3, 0.4) is 0 Å². The third-order valence-electron chi connectivity index (χ3n) is 3.84. The van der Waals surface area contributed by atoms with Crippen molar-refractivity contribution in [2.45, 2.75) is 66.5 Å². The summed E-state index contributed by atoms with van der Waals surface area (Å²) in [7, 11) is 0. The standard InChI is InChI=1S/C17H30N4O2S/c1-7-13-14(8-2)24-17(19-13)20-16(23)15(22)18-9-10-21(11(3)4)12(5)6/h11-12H,7-10H2,1-6H3,(H,18,22)(H,19,20,23). The fourth-order valence-electron chi connectivity index (χ4n) is 2.63. The van der Waals surface area contributed by atoms with Gasteiger partial charge in [0.25, 0.3) is 0 Å². The number of hydrogen-bond acceptors (Lipinski definition) is 5. The van der Waals surface area contributed by atoms with Crippen LogP contribution in [0.15, 0.2) is 0 Å². The van der Waals surface area contributed by atoms with Crippen molar-refractivity contribution in [3.63, 3.8) is 0 Å². The van der Waals surface area contributed by atoms with Crippen LogP contribution in [0.4, 0.5) is 5.13 Å². The van der Waals surface area contributed by atoms with Gasteiger partial charge in [0.1, 0.15) is 0 Å². The first-order valence-electron chi connectivity index (χ1n) is 8.63. The van der Waals surface area contributed by atoms with Gasteiger partial charge in [-0.25, -0.2) is 4.98 Å². The van der Waals surface area contributed by atoms with Gasteiger partial charge in [0.15, 0.2) is 5.13 Å². The Labute approximate surface area is 149 Å². The van der Waals surface area contributed by atoms with E-state index in [1.807, 2.05) is 6.92 Å². The largest absolute Gasteiger partial charge is 0.347 e. The van der Waals surface area contributed by atoms with Crippen LogP contribution < -0.4 is 10.6 Å². The third kappa shape index (κ3) is 5.87. The van der Waals surface area contributed by atoms with E-state index in [1.165, 1.54) is 11.3 Å². The first-order chi connectivity index (χ1) is 11.3. The second kappa shape index (κ2) is 9.74. The molecule has 1 aromatic rings. The van der Waals surface area contributed by atoms with Crippen molar-refractivity contribution in [1.29, 1.82) is 0 Å². The minimum atomic E-state index is -0.658. The maximum Gasteiger partial charge on any atom is 0.315 e. The second-order valence-corrected chi connectivity index (χ2v) is 7.31. The molecule has 0 unspecified atom stereocenters. The molecule has 0 aromatic carbocycles. The Hall–Kier alpha value is -1.47. The summed E-state index contributed by atoms with van der Waals surface area (Å²) in [4.78, 5) is 31.7. The van der Waals surface area contributed by atoms with Crippen LogP contribution in [0, 0.1) is 0 Å². The molecule has 1 aromatic heterocycles. The summed E-state index contributed by atoms with van der Waals surface area (Å²) >= 11 is 1.44. The summed E-state index contributed by atoms with van der Waals surface area (Å²) in [6.45, 7) is 13.7. The first-order valence-corrected chi connectivity index (χ1v) is 9.45. The van der Waals surface area contributed by atoms with E-state index in [-0.39, 0.29) is 0 Å². The summed E-state index contributed by atoms with van der Waals surface area (Å²) in [6.07, 6.45) is 1.70. The van der Waals surface area contributed by atoms with Gasteiger partial charge in [0.05, 0.1) is 5.69 Å². The molecule has 136 valence electrons. The zero-order valence-corrected chi connectivity index (χ0v) is 16.4. The summed E-state index contributed by atoms with van der Waals surface area (Å²) in [5.41, 5.74) is 0.989. The number of rotatable bonds is 8. The van der Waals surface area contributed by atoms with Crippen LogP contribution >= 0.6 is 11.3 Å². The molecule has 0 radical (unpaired) electrons. The number of thiazole rings is 1. The molecule has 7 heteroatoms. The predicted octanol–water partition coefficient (Wildman–Crippen LogP) is 2.44. The van der Waals surface area contributed by atoms with E-state index in [2.05, 4.69) is 55.1 Å². The lowest BCUT2D eigenvalue weighted by Crippen LogP contribution is -2.44. The number of nitrogens with one attached hydrogen (secondary N) is 2. The molecule has 0 aliphatic heterocycles. The molecule has 2 amide bonds. The van der Waals surface area contributed by atoms with Crippen molar-refractivity contribution in [3.05, 3.63) is 10.6 Å². The van der Waals surface area contributed by atoms with Gasteiger partial charge < -0.3 is 5.32 Å². The molecule has 0 saturated heterocycles. The van der Waals surface area contributed by atoms with Crippen molar-refractivity contribution < 1.29 is 9.59 Å². The molecule has 0 spiro atoms. The molecule has 0 atom stereocenters. The van der Waals surface area contributed by atoms with Crippen molar-refractivity contribution >= 4 is 28.3 Å². The van der Waals surface area contributed by atoms with Gasteiger partial charge in [-0.05, 0) is 40.5 Å². The van der Waals surface area contributed by atoms with E-state index in [0.29, 0.717) is 30.3 Å². The van der Waals surface area contributed by atoms with Crippen LogP contribution in [0.25, 0.3) is 0 Å². The summed E-state index contributed by atoms with van der Waals surface area (Å²) in [5.74, 6) is -1.27. The first kappa shape index (κ1) is 20.6. The fourth-order valence-corrected chi connectivity index (χ4v) is 3.62. The van der Waals surface area contributed by atoms with Gasteiger partial charge >= 0.3 is 11.8 Å². The molecule has 0 saturated carbocycles. The Bertz CT molecular complexity index is 525. The molecule has 1 rings (SSSR count). The minimum absolute atomic E-state index is 0.394. The molecule has 0 fully saturated rings. The van der Waals surface area contributed by atoms with Crippen molar-refractivity contribution in [2.24, 2.45) is 0 Å². The molecule has 0 bridgehead atoms. The molecular weight excluding hydrogens is 324 g/mol. The van der Waals surface area contributed by atoms with Crippen LogP contribution in [-0.4, -0.2) is 46.9 Å². The highest BCUT2D eigenvalue weighted by Gasteiger charge is 2.18. The number of anilines is 1. The zero-order chi connectivity index (χ0) is 18.3. The quantitative estimate of drug-likeness (QED) is 0.703. The second-order valence-electron chi connectivity index (χ2n) is 6.23. The fraction of sp³-hybridized carbons (Fsp3) is 0.706. The summed E-state index contributed by atoms with van der Waals surface area (Å²) < 4.78 is 0. The summed E-state index contributed by atoms with van der Waals surface area (Å²) in [5, 5.41) is 5.77. The molecule has 0 aliphatic rings. The normalized spacial score (nSPS) is 11.4. The highest BCUT2D eigenvalue weighted by Crippen LogP contribution is 2.23. The monoisotopic (exact) mass is 354 g/mol. The maximum absolute atomic E-state index is 12.0. The SMILES string of the molecule is CCc1nc(NC(=O)C(=O)NCCN(C(C)C)C(C)C)sc1CC. The number of nitrogens with zero attached hydrogens (tertiary/aromatic N) is 2. The molecule has 2 N–H and O–H groups in total. The van der Waals surface area contributed by atoms with Crippen LogP contribution in [0.2, 0.25) is 0 Å². The molecule has 1 heterocycles. The lowest BCUT2D eigenvalue weighted by Gasteiger charge is -2.30. The number of carbonyl (C=O) groups excluding carboxylic acids is 2. The minimum Gasteiger partial charge on any atom is -0.347 e. The van der Waals surface area contributed by atoms with Gasteiger partial charge in [0.2, 0.25) is 0 Å². The van der Waals surface area contributed by atoms with Crippen LogP contribution in [0.1, 0.15) is 52.1 Å². The highest BCUT2D eigenvalue weighted by atomic mass is 32.1. The summed E-state index contributed by atoms with van der Waals surface area (Å²) in [6, 6.07) is 0.789. The molecular formula is C17H30N4O2S. The van der Waals surface area contributed by atoms with Gasteiger partial charge in [-0.2, -0.15) is 0 Å². The lowest BCUT2D eigenvalue weighted by atomic mass is 10.2. The van der Waals surface area contributed by atoms with Gasteiger partial charge in [-0.1, -0.05) is 13.8 Å². The van der Waals surface area contributed by atoms with Crippen LogP contribution in [0.5, 0.6) is 0 Å². The molecule has 6 nitrogen and oxygen atoms in total. The average Bonchev–Trinajstić information content (AvgIpc) is 2.92. The average molecular weight is 355 g/mol. The van der Waals surface area contributed by atoms with E-state index >= 15 is 0 Å². The van der Waals surface area contributed by atoms with Crippen molar-refractivity contribution in [2.75, 3.05) is 18.4 Å². The molecule has 24 heavy (non-hydrogen) atoms. The Morgan fingerprint density at radius 1 is 1.08 bits per heavy atom. The van der Waals surface area contributed by atoms with Gasteiger partial charge in [-0.15, -0.1) is 11.3 Å². The number of carbonyl (C=O) groups is 2.